The highest BCUT2D eigenvalue weighted by Crippen LogP contribution is 2.33. The van der Waals surface area contributed by atoms with E-state index in [1.807, 2.05) is 0 Å². The standard InChI is InChI=1S/C12H24N2/c1-10-5-7-14(8-6-10)9-12(13-2)11-3-4-11/h10-13H,3-9H2,1-2H3. The minimum absolute atomic E-state index is 0.767. The molecule has 1 heterocycles. The second-order valence-corrected chi connectivity index (χ2v) is 5.22. The molecular formula is C12H24N2. The molecule has 1 unspecified atom stereocenters. The molecule has 0 aromatic heterocycles. The van der Waals surface area contributed by atoms with Crippen molar-refractivity contribution < 1.29 is 0 Å². The normalized spacial score (nSPS) is 27.9. The fraction of sp³-hybridized carbons (Fsp3) is 1.00. The van der Waals surface area contributed by atoms with Gasteiger partial charge in [0.05, 0.1) is 0 Å². The smallest absolute Gasteiger partial charge is 0.0220 e. The minimum atomic E-state index is 0.767. The van der Waals surface area contributed by atoms with Gasteiger partial charge in [0, 0.05) is 12.6 Å². The number of rotatable bonds is 4. The Balaban J connectivity index is 1.72. The van der Waals surface area contributed by atoms with Crippen molar-refractivity contribution in [3.8, 4) is 0 Å². The van der Waals surface area contributed by atoms with E-state index < -0.39 is 0 Å². The lowest BCUT2D eigenvalue weighted by atomic mass is 9.98. The molecule has 2 aliphatic rings. The van der Waals surface area contributed by atoms with Crippen molar-refractivity contribution in [2.75, 3.05) is 26.7 Å². The highest BCUT2D eigenvalue weighted by atomic mass is 15.2. The molecule has 2 nitrogen and oxygen atoms in total. The van der Waals surface area contributed by atoms with Gasteiger partial charge in [-0.1, -0.05) is 6.92 Å². The number of hydrogen-bond acceptors (Lipinski definition) is 2. The van der Waals surface area contributed by atoms with Crippen molar-refractivity contribution in [3.05, 3.63) is 0 Å². The first-order valence-electron chi connectivity index (χ1n) is 6.19. The Bertz CT molecular complexity index is 169. The lowest BCUT2D eigenvalue weighted by Gasteiger charge is -2.33. The van der Waals surface area contributed by atoms with Crippen LogP contribution in [0.1, 0.15) is 32.6 Å². The molecule has 2 heteroatoms. The average molecular weight is 196 g/mol. The number of piperidine rings is 1. The van der Waals surface area contributed by atoms with E-state index in [-0.39, 0.29) is 0 Å². The van der Waals surface area contributed by atoms with Gasteiger partial charge in [0.15, 0.2) is 0 Å². The minimum Gasteiger partial charge on any atom is -0.315 e. The van der Waals surface area contributed by atoms with E-state index in [2.05, 4.69) is 24.2 Å². The van der Waals surface area contributed by atoms with Gasteiger partial charge < -0.3 is 10.2 Å². The maximum Gasteiger partial charge on any atom is 0.0220 e. The van der Waals surface area contributed by atoms with Crippen LogP contribution < -0.4 is 5.32 Å². The number of likely N-dealkylation sites (tertiary alicyclic amines) is 1. The third-order valence-electron chi connectivity index (χ3n) is 3.89. The number of likely N-dealkylation sites (N-methyl/N-ethyl adjacent to an activating group) is 1. The van der Waals surface area contributed by atoms with Crippen LogP contribution in [0.25, 0.3) is 0 Å². The molecule has 0 amide bonds. The Labute approximate surface area is 88.1 Å². The highest BCUT2D eigenvalue weighted by molar-refractivity contribution is 4.88. The van der Waals surface area contributed by atoms with Crippen LogP contribution in [0.15, 0.2) is 0 Å². The molecular weight excluding hydrogens is 172 g/mol. The summed E-state index contributed by atoms with van der Waals surface area (Å²) in [5.41, 5.74) is 0. The molecule has 0 radical (unpaired) electrons. The fourth-order valence-corrected chi connectivity index (χ4v) is 2.50. The molecule has 1 aliphatic carbocycles. The van der Waals surface area contributed by atoms with E-state index in [1.54, 1.807) is 0 Å². The van der Waals surface area contributed by atoms with Crippen molar-refractivity contribution in [1.82, 2.24) is 10.2 Å². The Morgan fingerprint density at radius 2 is 1.86 bits per heavy atom. The Morgan fingerprint density at radius 3 is 2.36 bits per heavy atom. The summed E-state index contributed by atoms with van der Waals surface area (Å²) in [6, 6.07) is 0.767. The Hall–Kier alpha value is -0.0800. The third kappa shape index (κ3) is 2.71. The van der Waals surface area contributed by atoms with E-state index >= 15 is 0 Å². The number of nitrogens with one attached hydrogen (secondary N) is 1. The van der Waals surface area contributed by atoms with Gasteiger partial charge in [-0.3, -0.25) is 0 Å². The van der Waals surface area contributed by atoms with Crippen LogP contribution >= 0.6 is 0 Å². The lowest BCUT2D eigenvalue weighted by molar-refractivity contribution is 0.171. The van der Waals surface area contributed by atoms with E-state index in [4.69, 9.17) is 0 Å². The van der Waals surface area contributed by atoms with Crippen molar-refractivity contribution in [2.24, 2.45) is 11.8 Å². The van der Waals surface area contributed by atoms with Gasteiger partial charge >= 0.3 is 0 Å². The molecule has 0 aromatic rings. The van der Waals surface area contributed by atoms with Crippen LogP contribution in [-0.4, -0.2) is 37.6 Å². The molecule has 1 saturated carbocycles. The third-order valence-corrected chi connectivity index (χ3v) is 3.89. The predicted molar refractivity (Wildman–Crippen MR) is 60.4 cm³/mol. The van der Waals surface area contributed by atoms with E-state index in [0.29, 0.717) is 0 Å². The largest absolute Gasteiger partial charge is 0.315 e. The summed E-state index contributed by atoms with van der Waals surface area (Å²) >= 11 is 0. The molecule has 0 spiro atoms. The summed E-state index contributed by atoms with van der Waals surface area (Å²) < 4.78 is 0. The van der Waals surface area contributed by atoms with Crippen LogP contribution in [0.2, 0.25) is 0 Å². The molecule has 1 atom stereocenters. The first-order chi connectivity index (χ1) is 6.79. The first-order valence-corrected chi connectivity index (χ1v) is 6.19. The van der Waals surface area contributed by atoms with Crippen LogP contribution in [-0.2, 0) is 0 Å². The molecule has 1 saturated heterocycles. The number of nitrogens with zero attached hydrogens (tertiary/aromatic N) is 1. The van der Waals surface area contributed by atoms with Crippen LogP contribution in [0.3, 0.4) is 0 Å². The molecule has 2 fully saturated rings. The van der Waals surface area contributed by atoms with Gasteiger partial charge in [-0.05, 0) is 57.7 Å². The van der Waals surface area contributed by atoms with Gasteiger partial charge in [-0.15, -0.1) is 0 Å². The zero-order valence-electron chi connectivity index (χ0n) is 9.63. The summed E-state index contributed by atoms with van der Waals surface area (Å²) in [5, 5.41) is 3.48. The van der Waals surface area contributed by atoms with Gasteiger partial charge in [-0.25, -0.2) is 0 Å². The molecule has 2 rings (SSSR count). The summed E-state index contributed by atoms with van der Waals surface area (Å²) in [4.78, 5) is 2.65. The second-order valence-electron chi connectivity index (χ2n) is 5.22. The Kier molecular flexibility index (Phi) is 3.45. The molecule has 0 aromatic carbocycles. The van der Waals surface area contributed by atoms with Gasteiger partial charge in [0.2, 0.25) is 0 Å². The van der Waals surface area contributed by atoms with E-state index in [0.717, 1.165) is 17.9 Å². The molecule has 82 valence electrons. The molecule has 1 N–H and O–H groups in total. The Morgan fingerprint density at radius 1 is 1.21 bits per heavy atom. The van der Waals surface area contributed by atoms with Crippen LogP contribution in [0, 0.1) is 11.8 Å². The maximum absolute atomic E-state index is 3.48. The molecule has 1 aliphatic heterocycles. The quantitative estimate of drug-likeness (QED) is 0.736. The summed E-state index contributed by atoms with van der Waals surface area (Å²) in [6.07, 6.45) is 5.72. The van der Waals surface area contributed by atoms with E-state index in [1.165, 1.54) is 45.3 Å². The fourth-order valence-electron chi connectivity index (χ4n) is 2.50. The average Bonchev–Trinajstić information content (AvgIpc) is 3.01. The van der Waals surface area contributed by atoms with Crippen molar-refractivity contribution in [2.45, 2.75) is 38.6 Å². The van der Waals surface area contributed by atoms with Crippen molar-refractivity contribution in [1.29, 1.82) is 0 Å². The summed E-state index contributed by atoms with van der Waals surface area (Å²) in [6.45, 7) is 6.32. The predicted octanol–water partition coefficient (Wildman–Crippen LogP) is 1.72. The van der Waals surface area contributed by atoms with Crippen molar-refractivity contribution >= 4 is 0 Å². The summed E-state index contributed by atoms with van der Waals surface area (Å²) in [5.74, 6) is 1.94. The zero-order valence-corrected chi connectivity index (χ0v) is 9.63. The number of hydrogen-bond donors (Lipinski definition) is 1. The van der Waals surface area contributed by atoms with Crippen LogP contribution in [0.4, 0.5) is 0 Å². The highest BCUT2D eigenvalue weighted by Gasteiger charge is 2.31. The van der Waals surface area contributed by atoms with Gasteiger partial charge in [0.1, 0.15) is 0 Å². The van der Waals surface area contributed by atoms with E-state index in [9.17, 15) is 0 Å². The summed E-state index contributed by atoms with van der Waals surface area (Å²) in [7, 11) is 2.12. The van der Waals surface area contributed by atoms with Crippen LogP contribution in [0.5, 0.6) is 0 Å². The first kappa shape index (κ1) is 10.4. The topological polar surface area (TPSA) is 15.3 Å². The lowest BCUT2D eigenvalue weighted by Crippen LogP contribution is -2.44. The molecule has 14 heavy (non-hydrogen) atoms. The second kappa shape index (κ2) is 4.63. The van der Waals surface area contributed by atoms with Gasteiger partial charge in [0.25, 0.3) is 0 Å². The maximum atomic E-state index is 3.48. The van der Waals surface area contributed by atoms with Gasteiger partial charge in [-0.2, -0.15) is 0 Å². The van der Waals surface area contributed by atoms with Crippen molar-refractivity contribution in [3.63, 3.8) is 0 Å². The SMILES string of the molecule is CNC(CN1CCC(C)CC1)C1CC1. The zero-order chi connectivity index (χ0) is 9.97. The molecule has 0 bridgehead atoms. The monoisotopic (exact) mass is 196 g/mol.